The molecule has 2 fully saturated rings. The van der Waals surface area contributed by atoms with E-state index in [0.29, 0.717) is 6.54 Å². The second kappa shape index (κ2) is 5.20. The molecule has 3 heteroatoms. The SMILES string of the molecule is CC1(C)CCCCC1C(=O)NC1(CN)CCCC1. The van der Waals surface area contributed by atoms with Crippen molar-refractivity contribution in [1.29, 1.82) is 0 Å². The quantitative estimate of drug-likeness (QED) is 0.811. The molecule has 0 aliphatic heterocycles. The highest BCUT2D eigenvalue weighted by molar-refractivity contribution is 5.80. The van der Waals surface area contributed by atoms with Crippen LogP contribution in [-0.4, -0.2) is 18.0 Å². The highest BCUT2D eigenvalue weighted by Gasteiger charge is 2.41. The molecule has 0 heterocycles. The molecule has 2 aliphatic carbocycles. The van der Waals surface area contributed by atoms with E-state index < -0.39 is 0 Å². The lowest BCUT2D eigenvalue weighted by Crippen LogP contribution is -2.55. The Morgan fingerprint density at radius 2 is 1.78 bits per heavy atom. The lowest BCUT2D eigenvalue weighted by atomic mass is 9.68. The van der Waals surface area contributed by atoms with Gasteiger partial charge in [0.05, 0.1) is 5.54 Å². The van der Waals surface area contributed by atoms with E-state index in [2.05, 4.69) is 19.2 Å². The third-order valence-corrected chi connectivity index (χ3v) is 5.16. The molecule has 3 N–H and O–H groups in total. The molecule has 2 aliphatic rings. The van der Waals surface area contributed by atoms with Crippen molar-refractivity contribution >= 4 is 5.91 Å². The molecule has 0 spiro atoms. The summed E-state index contributed by atoms with van der Waals surface area (Å²) >= 11 is 0. The van der Waals surface area contributed by atoms with Crippen LogP contribution in [0.4, 0.5) is 0 Å². The van der Waals surface area contributed by atoms with Crippen molar-refractivity contribution in [3.63, 3.8) is 0 Å². The van der Waals surface area contributed by atoms with Gasteiger partial charge in [-0.3, -0.25) is 4.79 Å². The molecule has 18 heavy (non-hydrogen) atoms. The average Bonchev–Trinajstić information content (AvgIpc) is 2.77. The first kappa shape index (κ1) is 13.9. The van der Waals surface area contributed by atoms with Gasteiger partial charge in [0.15, 0.2) is 0 Å². The molecule has 104 valence electrons. The summed E-state index contributed by atoms with van der Waals surface area (Å²) in [6.07, 6.45) is 9.18. The maximum atomic E-state index is 12.6. The van der Waals surface area contributed by atoms with E-state index in [9.17, 15) is 4.79 Å². The molecule has 0 bridgehead atoms. The fourth-order valence-electron chi connectivity index (χ4n) is 3.76. The second-order valence-electron chi connectivity index (χ2n) is 6.97. The van der Waals surface area contributed by atoms with Crippen molar-refractivity contribution in [2.24, 2.45) is 17.1 Å². The Balaban J connectivity index is 2.02. The van der Waals surface area contributed by atoms with Gasteiger partial charge in [0, 0.05) is 12.5 Å². The Kier molecular flexibility index (Phi) is 4.00. The van der Waals surface area contributed by atoms with Crippen LogP contribution in [0.5, 0.6) is 0 Å². The van der Waals surface area contributed by atoms with Gasteiger partial charge in [-0.15, -0.1) is 0 Å². The van der Waals surface area contributed by atoms with Gasteiger partial charge in [-0.1, -0.05) is 39.5 Å². The van der Waals surface area contributed by atoms with Crippen LogP contribution in [0, 0.1) is 11.3 Å². The van der Waals surface area contributed by atoms with E-state index in [1.165, 1.54) is 32.1 Å². The molecule has 0 aromatic rings. The lowest BCUT2D eigenvalue weighted by molar-refractivity contribution is -0.132. The maximum Gasteiger partial charge on any atom is 0.224 e. The highest BCUT2D eigenvalue weighted by atomic mass is 16.2. The van der Waals surface area contributed by atoms with Crippen molar-refractivity contribution in [1.82, 2.24) is 5.32 Å². The van der Waals surface area contributed by atoms with E-state index >= 15 is 0 Å². The van der Waals surface area contributed by atoms with Crippen molar-refractivity contribution in [2.45, 2.75) is 70.8 Å². The Bertz CT molecular complexity index is 306. The topological polar surface area (TPSA) is 55.1 Å². The Labute approximate surface area is 111 Å². The largest absolute Gasteiger partial charge is 0.349 e. The zero-order chi connectivity index (χ0) is 13.2. The predicted molar refractivity (Wildman–Crippen MR) is 74.1 cm³/mol. The van der Waals surface area contributed by atoms with Crippen molar-refractivity contribution in [3.05, 3.63) is 0 Å². The van der Waals surface area contributed by atoms with E-state index in [1.807, 2.05) is 0 Å². The molecule has 1 unspecified atom stereocenters. The van der Waals surface area contributed by atoms with Gasteiger partial charge in [0.2, 0.25) is 5.91 Å². The van der Waals surface area contributed by atoms with Crippen molar-refractivity contribution < 1.29 is 4.79 Å². The van der Waals surface area contributed by atoms with Crippen LogP contribution in [0.3, 0.4) is 0 Å². The summed E-state index contributed by atoms with van der Waals surface area (Å²) in [6, 6.07) is 0. The van der Waals surface area contributed by atoms with Crippen LogP contribution in [0.2, 0.25) is 0 Å². The molecule has 0 saturated heterocycles. The second-order valence-corrected chi connectivity index (χ2v) is 6.97. The summed E-state index contributed by atoms with van der Waals surface area (Å²) in [5, 5.41) is 3.30. The number of rotatable bonds is 3. The number of nitrogens with one attached hydrogen (secondary N) is 1. The number of hydrogen-bond acceptors (Lipinski definition) is 2. The summed E-state index contributed by atoms with van der Waals surface area (Å²) in [4.78, 5) is 12.6. The maximum absolute atomic E-state index is 12.6. The molecule has 0 aromatic carbocycles. The Hall–Kier alpha value is -0.570. The summed E-state index contributed by atoms with van der Waals surface area (Å²) in [7, 11) is 0. The normalized spacial score (nSPS) is 30.1. The Morgan fingerprint density at radius 3 is 2.33 bits per heavy atom. The van der Waals surface area contributed by atoms with Gasteiger partial charge in [-0.25, -0.2) is 0 Å². The van der Waals surface area contributed by atoms with Gasteiger partial charge in [-0.2, -0.15) is 0 Å². The minimum Gasteiger partial charge on any atom is -0.349 e. The summed E-state index contributed by atoms with van der Waals surface area (Å²) in [5.74, 6) is 0.433. The number of nitrogens with two attached hydrogens (primary N) is 1. The highest BCUT2D eigenvalue weighted by Crippen LogP contribution is 2.41. The summed E-state index contributed by atoms with van der Waals surface area (Å²) < 4.78 is 0. The minimum absolute atomic E-state index is 0.0926. The molecule has 0 aromatic heterocycles. The standard InChI is InChI=1S/C15H28N2O/c1-14(2)8-4-3-7-12(14)13(18)17-15(11-16)9-5-6-10-15/h12H,3-11,16H2,1-2H3,(H,17,18). The zero-order valence-electron chi connectivity index (χ0n) is 11.9. The van der Waals surface area contributed by atoms with Gasteiger partial charge < -0.3 is 11.1 Å². The summed E-state index contributed by atoms with van der Waals surface area (Å²) in [6.45, 7) is 5.06. The average molecular weight is 252 g/mol. The fourth-order valence-corrected chi connectivity index (χ4v) is 3.76. The van der Waals surface area contributed by atoms with Crippen LogP contribution in [-0.2, 0) is 4.79 Å². The van der Waals surface area contributed by atoms with Gasteiger partial charge in [0.1, 0.15) is 0 Å². The number of hydrogen-bond donors (Lipinski definition) is 2. The molecule has 0 radical (unpaired) electrons. The van der Waals surface area contributed by atoms with E-state index in [-0.39, 0.29) is 22.8 Å². The molecule has 1 atom stereocenters. The predicted octanol–water partition coefficient (Wildman–Crippen LogP) is 2.59. The first-order chi connectivity index (χ1) is 8.49. The molecule has 3 nitrogen and oxygen atoms in total. The smallest absolute Gasteiger partial charge is 0.224 e. The molecular weight excluding hydrogens is 224 g/mol. The van der Waals surface area contributed by atoms with Crippen LogP contribution >= 0.6 is 0 Å². The number of carbonyl (C=O) groups is 1. The van der Waals surface area contributed by atoms with Gasteiger partial charge in [0.25, 0.3) is 0 Å². The lowest BCUT2D eigenvalue weighted by Gasteiger charge is -2.40. The van der Waals surface area contributed by atoms with Gasteiger partial charge in [-0.05, 0) is 31.1 Å². The first-order valence-corrected chi connectivity index (χ1v) is 7.51. The Morgan fingerprint density at radius 1 is 1.17 bits per heavy atom. The number of amides is 1. The van der Waals surface area contributed by atoms with Crippen molar-refractivity contribution in [3.8, 4) is 0 Å². The monoisotopic (exact) mass is 252 g/mol. The molecular formula is C15H28N2O. The zero-order valence-corrected chi connectivity index (χ0v) is 11.9. The fraction of sp³-hybridized carbons (Fsp3) is 0.933. The molecule has 2 saturated carbocycles. The molecule has 2 rings (SSSR count). The summed E-state index contributed by atoms with van der Waals surface area (Å²) in [5.41, 5.74) is 5.96. The van der Waals surface area contributed by atoms with Crippen LogP contribution in [0.1, 0.15) is 65.2 Å². The van der Waals surface area contributed by atoms with E-state index in [1.54, 1.807) is 0 Å². The van der Waals surface area contributed by atoms with E-state index in [4.69, 9.17) is 5.73 Å². The van der Waals surface area contributed by atoms with Crippen LogP contribution < -0.4 is 11.1 Å². The third-order valence-electron chi connectivity index (χ3n) is 5.16. The van der Waals surface area contributed by atoms with Crippen LogP contribution in [0.25, 0.3) is 0 Å². The minimum atomic E-state index is -0.0926. The number of carbonyl (C=O) groups excluding carboxylic acids is 1. The van der Waals surface area contributed by atoms with E-state index in [0.717, 1.165) is 19.3 Å². The van der Waals surface area contributed by atoms with Gasteiger partial charge >= 0.3 is 0 Å². The first-order valence-electron chi connectivity index (χ1n) is 7.51. The molecule has 1 amide bonds. The third kappa shape index (κ3) is 2.71. The van der Waals surface area contributed by atoms with Crippen LogP contribution in [0.15, 0.2) is 0 Å². The van der Waals surface area contributed by atoms with Crippen molar-refractivity contribution in [2.75, 3.05) is 6.54 Å².